The molecular weight excluding hydrogens is 454 g/mol. The van der Waals surface area contributed by atoms with Gasteiger partial charge in [0.25, 0.3) is 0 Å². The highest BCUT2D eigenvalue weighted by molar-refractivity contribution is 6.01. The van der Waals surface area contributed by atoms with Gasteiger partial charge >= 0.3 is 5.97 Å². The third-order valence-corrected chi connectivity index (χ3v) is 5.66. The van der Waals surface area contributed by atoms with Crippen LogP contribution in [0.15, 0.2) is 72.8 Å². The molecule has 0 radical (unpaired) electrons. The molecule has 0 fully saturated rings. The molecule has 1 atom stereocenters. The number of rotatable bonds is 14. The van der Waals surface area contributed by atoms with Crippen LogP contribution >= 0.6 is 0 Å². The van der Waals surface area contributed by atoms with Gasteiger partial charge in [-0.2, -0.15) is 0 Å². The van der Waals surface area contributed by atoms with Gasteiger partial charge < -0.3 is 19.5 Å². The van der Waals surface area contributed by atoms with Crippen LogP contribution in [0.4, 0.5) is 5.69 Å². The van der Waals surface area contributed by atoms with Crippen molar-refractivity contribution in [1.29, 1.82) is 0 Å². The number of hydrogen-bond donors (Lipinski definition) is 1. The first kappa shape index (κ1) is 26.8. The van der Waals surface area contributed by atoms with Crippen molar-refractivity contribution < 1.29 is 23.8 Å². The maximum Gasteiger partial charge on any atom is 0.344 e. The first-order chi connectivity index (χ1) is 17.5. The molecule has 190 valence electrons. The van der Waals surface area contributed by atoms with Crippen LogP contribution in [0.2, 0.25) is 0 Å². The maximum atomic E-state index is 13.0. The van der Waals surface area contributed by atoms with Gasteiger partial charge in [-0.15, -0.1) is 0 Å². The summed E-state index contributed by atoms with van der Waals surface area (Å²) in [6.45, 7) is 6.24. The Morgan fingerprint density at radius 2 is 1.67 bits per heavy atom. The van der Waals surface area contributed by atoms with Crippen LogP contribution in [0.5, 0.6) is 11.5 Å². The fraction of sp³-hybridized carbons (Fsp3) is 0.333. The average molecular weight is 490 g/mol. The molecule has 0 heterocycles. The van der Waals surface area contributed by atoms with Crippen LogP contribution in [0.3, 0.4) is 0 Å². The van der Waals surface area contributed by atoms with Gasteiger partial charge in [0.05, 0.1) is 24.9 Å². The van der Waals surface area contributed by atoms with E-state index >= 15 is 0 Å². The van der Waals surface area contributed by atoms with E-state index in [1.54, 1.807) is 32.0 Å². The van der Waals surface area contributed by atoms with E-state index in [0.29, 0.717) is 30.2 Å². The summed E-state index contributed by atoms with van der Waals surface area (Å²) in [7, 11) is 0. The molecule has 6 nitrogen and oxygen atoms in total. The lowest BCUT2D eigenvalue weighted by Crippen LogP contribution is -2.26. The van der Waals surface area contributed by atoms with Gasteiger partial charge in [-0.3, -0.25) is 4.79 Å². The van der Waals surface area contributed by atoms with E-state index in [9.17, 15) is 9.59 Å². The van der Waals surface area contributed by atoms with Gasteiger partial charge in [-0.1, -0.05) is 36.4 Å². The molecule has 3 rings (SSSR count). The second-order valence-corrected chi connectivity index (χ2v) is 8.64. The van der Waals surface area contributed by atoms with E-state index in [2.05, 4.69) is 29.6 Å². The minimum Gasteiger partial charge on any atom is -0.494 e. The van der Waals surface area contributed by atoms with E-state index in [1.807, 2.05) is 37.3 Å². The second kappa shape index (κ2) is 13.9. The lowest BCUT2D eigenvalue weighted by Gasteiger charge is -2.18. The van der Waals surface area contributed by atoms with Gasteiger partial charge in [0.1, 0.15) is 11.5 Å². The Balaban J connectivity index is 1.50. The maximum absolute atomic E-state index is 13.0. The molecule has 0 bridgehead atoms. The van der Waals surface area contributed by atoms with Crippen LogP contribution in [0.1, 0.15) is 48.2 Å². The van der Waals surface area contributed by atoms with Crippen molar-refractivity contribution in [1.82, 2.24) is 0 Å². The normalized spacial score (nSPS) is 11.4. The Kier molecular flexibility index (Phi) is 10.4. The highest BCUT2D eigenvalue weighted by atomic mass is 16.6. The topological polar surface area (TPSA) is 73.9 Å². The zero-order valence-corrected chi connectivity index (χ0v) is 21.3. The smallest absolute Gasteiger partial charge is 0.344 e. The van der Waals surface area contributed by atoms with E-state index < -0.39 is 12.0 Å². The molecule has 0 aliphatic heterocycles. The predicted molar refractivity (Wildman–Crippen MR) is 142 cm³/mol. The number of aryl methyl sites for hydroxylation is 2. The van der Waals surface area contributed by atoms with E-state index in [4.69, 9.17) is 14.2 Å². The van der Waals surface area contributed by atoms with E-state index in [1.165, 1.54) is 5.56 Å². The SMILES string of the molecule is CCOC(=O)COc1ccc(C)cc1N[C@H](C)C(=O)c1ccc(OCCCCc2ccccc2)cc1. The quantitative estimate of drug-likeness (QED) is 0.170. The molecule has 6 heteroatoms. The van der Waals surface area contributed by atoms with Gasteiger partial charge in [-0.25, -0.2) is 4.79 Å². The van der Waals surface area contributed by atoms with Crippen molar-refractivity contribution in [2.45, 2.75) is 46.1 Å². The van der Waals surface area contributed by atoms with Crippen molar-refractivity contribution >= 4 is 17.4 Å². The number of benzene rings is 3. The summed E-state index contributed by atoms with van der Waals surface area (Å²) in [4.78, 5) is 24.7. The molecule has 3 aromatic carbocycles. The number of anilines is 1. The Hall–Kier alpha value is -3.80. The van der Waals surface area contributed by atoms with Crippen molar-refractivity contribution in [2.24, 2.45) is 0 Å². The molecule has 0 saturated heterocycles. The Bertz CT molecular complexity index is 1110. The van der Waals surface area contributed by atoms with Crippen LogP contribution in [-0.4, -0.2) is 37.6 Å². The summed E-state index contributed by atoms with van der Waals surface area (Å²) in [5, 5.41) is 3.22. The highest BCUT2D eigenvalue weighted by Gasteiger charge is 2.18. The molecule has 36 heavy (non-hydrogen) atoms. The zero-order chi connectivity index (χ0) is 25.8. The summed E-state index contributed by atoms with van der Waals surface area (Å²) >= 11 is 0. The number of unbranched alkanes of at least 4 members (excludes halogenated alkanes) is 1. The Morgan fingerprint density at radius 1 is 0.917 bits per heavy atom. The molecular formula is C30H35NO5. The molecule has 0 aliphatic carbocycles. The Labute approximate surface area is 213 Å². The van der Waals surface area contributed by atoms with Crippen molar-refractivity contribution in [3.63, 3.8) is 0 Å². The van der Waals surface area contributed by atoms with Crippen LogP contribution in [0, 0.1) is 6.92 Å². The number of Topliss-reactive ketones (excluding diaryl/α,β-unsaturated/α-hetero) is 1. The highest BCUT2D eigenvalue weighted by Crippen LogP contribution is 2.27. The lowest BCUT2D eigenvalue weighted by molar-refractivity contribution is -0.145. The van der Waals surface area contributed by atoms with Crippen LogP contribution in [0.25, 0.3) is 0 Å². The lowest BCUT2D eigenvalue weighted by atomic mass is 10.0. The molecule has 0 unspecified atom stereocenters. The molecule has 3 aromatic rings. The fourth-order valence-corrected chi connectivity index (χ4v) is 3.75. The number of ether oxygens (including phenoxy) is 3. The van der Waals surface area contributed by atoms with E-state index in [0.717, 1.165) is 30.6 Å². The Morgan fingerprint density at radius 3 is 2.39 bits per heavy atom. The molecule has 0 amide bonds. The minimum absolute atomic E-state index is 0.0535. The van der Waals surface area contributed by atoms with Gasteiger partial charge in [0.15, 0.2) is 12.4 Å². The van der Waals surface area contributed by atoms with Crippen LogP contribution < -0.4 is 14.8 Å². The summed E-state index contributed by atoms with van der Waals surface area (Å²) in [5.74, 6) is 0.749. The van der Waals surface area contributed by atoms with Gasteiger partial charge in [-0.05, 0) is 87.6 Å². The van der Waals surface area contributed by atoms with Gasteiger partial charge in [0.2, 0.25) is 0 Å². The summed E-state index contributed by atoms with van der Waals surface area (Å²) in [6.07, 6.45) is 3.07. The van der Waals surface area contributed by atoms with Gasteiger partial charge in [0, 0.05) is 5.56 Å². The first-order valence-corrected chi connectivity index (χ1v) is 12.4. The van der Waals surface area contributed by atoms with Crippen molar-refractivity contribution in [3.05, 3.63) is 89.5 Å². The number of nitrogens with one attached hydrogen (secondary N) is 1. The average Bonchev–Trinajstić information content (AvgIpc) is 2.89. The summed E-state index contributed by atoms with van der Waals surface area (Å²) < 4.78 is 16.4. The minimum atomic E-state index is -0.499. The van der Waals surface area contributed by atoms with Crippen molar-refractivity contribution in [2.75, 3.05) is 25.1 Å². The first-order valence-electron chi connectivity index (χ1n) is 12.4. The monoisotopic (exact) mass is 489 g/mol. The number of hydrogen-bond acceptors (Lipinski definition) is 6. The molecule has 0 aromatic heterocycles. The third kappa shape index (κ3) is 8.45. The largest absolute Gasteiger partial charge is 0.494 e. The number of ketones is 1. The second-order valence-electron chi connectivity index (χ2n) is 8.64. The number of carbonyl (C=O) groups excluding carboxylic acids is 2. The number of carbonyl (C=O) groups is 2. The zero-order valence-electron chi connectivity index (χ0n) is 21.3. The van der Waals surface area contributed by atoms with E-state index in [-0.39, 0.29) is 12.4 Å². The number of esters is 1. The molecule has 0 spiro atoms. The molecule has 0 saturated carbocycles. The molecule has 0 aliphatic rings. The standard InChI is InChI=1S/C30H35NO5/c1-4-34-29(32)21-36-28-18-13-22(2)20-27(28)31-23(3)30(33)25-14-16-26(17-15-25)35-19-9-8-12-24-10-6-5-7-11-24/h5-7,10-11,13-18,20,23,31H,4,8-9,12,19,21H2,1-3H3/t23-/m1/s1. The predicted octanol–water partition coefficient (Wildman–Crippen LogP) is 6.02. The summed E-state index contributed by atoms with van der Waals surface area (Å²) in [6, 6.07) is 22.7. The van der Waals surface area contributed by atoms with Crippen molar-refractivity contribution in [3.8, 4) is 11.5 Å². The van der Waals surface area contributed by atoms with Crippen LogP contribution in [-0.2, 0) is 16.0 Å². The summed E-state index contributed by atoms with van der Waals surface area (Å²) in [5.41, 5.74) is 3.58. The fourth-order valence-electron chi connectivity index (χ4n) is 3.75. The third-order valence-electron chi connectivity index (χ3n) is 5.66. The molecule has 1 N–H and O–H groups in total.